The molecule has 7 nitrogen and oxygen atoms in total. The number of amides is 1. The first kappa shape index (κ1) is 16.4. The summed E-state index contributed by atoms with van der Waals surface area (Å²) < 4.78 is 5.77. The second kappa shape index (κ2) is 6.56. The van der Waals surface area contributed by atoms with Crippen molar-refractivity contribution in [2.24, 2.45) is 5.73 Å². The van der Waals surface area contributed by atoms with Crippen molar-refractivity contribution in [2.75, 3.05) is 5.32 Å². The molecule has 1 aromatic carbocycles. The minimum atomic E-state index is -0.193. The molecule has 0 aliphatic rings. The lowest BCUT2D eigenvalue weighted by Gasteiger charge is -2.09. The molecule has 0 radical (unpaired) electrons. The Morgan fingerprint density at radius 2 is 1.88 bits per heavy atom. The third-order valence-corrected chi connectivity index (χ3v) is 3.55. The predicted molar refractivity (Wildman–Crippen MR) is 96.1 cm³/mol. The summed E-state index contributed by atoms with van der Waals surface area (Å²) in [4.78, 5) is 19.9. The molecule has 25 heavy (non-hydrogen) atoms. The number of amidine groups is 1. The second-order valence-corrected chi connectivity index (χ2v) is 5.57. The zero-order chi connectivity index (χ0) is 18.0. The summed E-state index contributed by atoms with van der Waals surface area (Å²) in [5, 5.41) is 10.9. The molecule has 1 amide bonds. The van der Waals surface area contributed by atoms with E-state index in [2.05, 4.69) is 15.3 Å². The summed E-state index contributed by atoms with van der Waals surface area (Å²) in [6.45, 7) is 3.37. The first-order valence-electron chi connectivity index (χ1n) is 7.60. The van der Waals surface area contributed by atoms with Gasteiger partial charge in [-0.25, -0.2) is 4.98 Å². The fourth-order valence-electron chi connectivity index (χ4n) is 2.37. The van der Waals surface area contributed by atoms with E-state index in [1.807, 2.05) is 19.1 Å². The highest BCUT2D eigenvalue weighted by Gasteiger charge is 2.08. The van der Waals surface area contributed by atoms with Crippen LogP contribution in [0.5, 0.6) is 11.6 Å². The van der Waals surface area contributed by atoms with Crippen LogP contribution in [0.1, 0.15) is 18.1 Å². The van der Waals surface area contributed by atoms with Crippen LogP contribution in [0.3, 0.4) is 0 Å². The van der Waals surface area contributed by atoms with Gasteiger partial charge in [-0.05, 0) is 48.9 Å². The van der Waals surface area contributed by atoms with Crippen molar-refractivity contribution < 1.29 is 9.53 Å². The van der Waals surface area contributed by atoms with Crippen molar-refractivity contribution in [3.8, 4) is 11.6 Å². The Balaban J connectivity index is 1.93. The van der Waals surface area contributed by atoms with Crippen LogP contribution in [0.2, 0.25) is 0 Å². The van der Waals surface area contributed by atoms with Gasteiger partial charge in [0.25, 0.3) is 0 Å². The van der Waals surface area contributed by atoms with E-state index in [1.54, 1.807) is 30.3 Å². The number of benzene rings is 1. The summed E-state index contributed by atoms with van der Waals surface area (Å²) in [5.74, 6) is 1.22. The number of rotatable bonds is 4. The maximum Gasteiger partial charge on any atom is 0.222 e. The summed E-state index contributed by atoms with van der Waals surface area (Å²) in [6.07, 6.45) is 0. The molecule has 0 fully saturated rings. The molecule has 4 N–H and O–H groups in total. The van der Waals surface area contributed by atoms with Gasteiger partial charge in [0.05, 0.1) is 0 Å². The standard InChI is InChI=1S/C18H17N5O2/c1-10-9-16(25-13-5-3-12(4-6-13)17(19)20)23-18-14(10)7-8-15(22-18)21-11(2)24/h3-9H,1-2H3,(H3,19,20)(H,21,22,23,24). The number of nitrogen functional groups attached to an aromatic ring is 1. The lowest BCUT2D eigenvalue weighted by molar-refractivity contribution is -0.114. The molecule has 0 aliphatic heterocycles. The molecule has 0 bridgehead atoms. The Bertz CT molecular complexity index is 967. The Labute approximate surface area is 144 Å². The van der Waals surface area contributed by atoms with E-state index >= 15 is 0 Å². The highest BCUT2D eigenvalue weighted by Crippen LogP contribution is 2.25. The minimum absolute atomic E-state index is 0.000857. The van der Waals surface area contributed by atoms with Gasteiger partial charge in [-0.15, -0.1) is 0 Å². The molecule has 0 aliphatic carbocycles. The fraction of sp³-hybridized carbons (Fsp3) is 0.111. The van der Waals surface area contributed by atoms with Crippen LogP contribution >= 0.6 is 0 Å². The Morgan fingerprint density at radius 3 is 2.52 bits per heavy atom. The van der Waals surface area contributed by atoms with Crippen molar-refractivity contribution in [1.29, 1.82) is 5.41 Å². The van der Waals surface area contributed by atoms with Crippen molar-refractivity contribution in [3.63, 3.8) is 0 Å². The topological polar surface area (TPSA) is 114 Å². The SMILES string of the molecule is CC(=O)Nc1ccc2c(C)cc(Oc3ccc(C(=N)N)cc3)nc2n1. The van der Waals surface area contributed by atoms with Crippen LogP contribution in [0.25, 0.3) is 11.0 Å². The van der Waals surface area contributed by atoms with Crippen LogP contribution in [0.4, 0.5) is 5.82 Å². The predicted octanol–water partition coefficient (Wildman–Crippen LogP) is 2.97. The van der Waals surface area contributed by atoms with Gasteiger partial charge >= 0.3 is 0 Å². The molecule has 3 aromatic rings. The van der Waals surface area contributed by atoms with Crippen molar-refractivity contribution in [2.45, 2.75) is 13.8 Å². The van der Waals surface area contributed by atoms with Gasteiger partial charge in [-0.3, -0.25) is 10.2 Å². The largest absolute Gasteiger partial charge is 0.439 e. The Kier molecular flexibility index (Phi) is 4.30. The number of fused-ring (bicyclic) bond motifs is 1. The van der Waals surface area contributed by atoms with Crippen molar-refractivity contribution in [3.05, 3.63) is 53.6 Å². The van der Waals surface area contributed by atoms with Crippen LogP contribution in [0, 0.1) is 12.3 Å². The molecule has 7 heteroatoms. The summed E-state index contributed by atoms with van der Waals surface area (Å²) in [5.41, 5.74) is 7.51. The van der Waals surface area contributed by atoms with Gasteiger partial charge in [-0.2, -0.15) is 4.98 Å². The molecular weight excluding hydrogens is 318 g/mol. The van der Waals surface area contributed by atoms with Gasteiger partial charge in [0.2, 0.25) is 11.8 Å². The molecule has 2 heterocycles. The van der Waals surface area contributed by atoms with Crippen LogP contribution < -0.4 is 15.8 Å². The normalized spacial score (nSPS) is 10.5. The smallest absolute Gasteiger partial charge is 0.222 e. The van der Waals surface area contributed by atoms with Crippen molar-refractivity contribution >= 4 is 28.6 Å². The number of nitrogens with zero attached hydrogens (tertiary/aromatic N) is 2. The Hall–Kier alpha value is -3.48. The molecule has 2 aromatic heterocycles. The number of hydrogen-bond donors (Lipinski definition) is 3. The Morgan fingerprint density at radius 1 is 1.16 bits per heavy atom. The van der Waals surface area contributed by atoms with Gasteiger partial charge in [0.15, 0.2) is 5.65 Å². The van der Waals surface area contributed by atoms with Crippen LogP contribution in [0.15, 0.2) is 42.5 Å². The van der Waals surface area contributed by atoms with E-state index in [0.717, 1.165) is 10.9 Å². The number of aryl methyl sites for hydroxylation is 1. The van der Waals surface area contributed by atoms with Crippen LogP contribution in [-0.4, -0.2) is 21.7 Å². The highest BCUT2D eigenvalue weighted by atomic mass is 16.5. The molecule has 0 spiro atoms. The van der Waals surface area contributed by atoms with E-state index in [4.69, 9.17) is 15.9 Å². The van der Waals surface area contributed by atoms with Crippen LogP contribution in [-0.2, 0) is 4.79 Å². The van der Waals surface area contributed by atoms with E-state index in [0.29, 0.717) is 28.7 Å². The quantitative estimate of drug-likeness (QED) is 0.501. The number of nitrogens with one attached hydrogen (secondary N) is 2. The monoisotopic (exact) mass is 335 g/mol. The summed E-state index contributed by atoms with van der Waals surface area (Å²) >= 11 is 0. The average molecular weight is 335 g/mol. The highest BCUT2D eigenvalue weighted by molar-refractivity contribution is 5.95. The zero-order valence-corrected chi connectivity index (χ0v) is 13.8. The molecular formula is C18H17N5O2. The number of anilines is 1. The molecule has 126 valence electrons. The number of carbonyl (C=O) groups excluding carboxylic acids is 1. The van der Waals surface area contributed by atoms with Crippen molar-refractivity contribution in [1.82, 2.24) is 9.97 Å². The number of aromatic nitrogens is 2. The van der Waals surface area contributed by atoms with Gasteiger partial charge in [0.1, 0.15) is 17.4 Å². The number of nitrogens with two attached hydrogens (primary N) is 1. The summed E-state index contributed by atoms with van der Waals surface area (Å²) in [6, 6.07) is 12.3. The number of carbonyl (C=O) groups is 1. The third-order valence-electron chi connectivity index (χ3n) is 3.55. The molecule has 0 saturated carbocycles. The van der Waals surface area contributed by atoms with E-state index < -0.39 is 0 Å². The maximum atomic E-state index is 11.2. The zero-order valence-electron chi connectivity index (χ0n) is 13.8. The fourth-order valence-corrected chi connectivity index (χ4v) is 2.37. The molecule has 3 rings (SSSR count). The second-order valence-electron chi connectivity index (χ2n) is 5.57. The number of hydrogen-bond acceptors (Lipinski definition) is 5. The van der Waals surface area contributed by atoms with Gasteiger partial charge < -0.3 is 15.8 Å². The number of pyridine rings is 2. The lowest BCUT2D eigenvalue weighted by atomic mass is 10.2. The van der Waals surface area contributed by atoms with E-state index in [-0.39, 0.29) is 11.7 Å². The molecule has 0 saturated heterocycles. The minimum Gasteiger partial charge on any atom is -0.439 e. The van der Waals surface area contributed by atoms with E-state index in [1.165, 1.54) is 6.92 Å². The molecule has 0 unspecified atom stereocenters. The maximum absolute atomic E-state index is 11.2. The average Bonchev–Trinajstić information content (AvgIpc) is 2.54. The van der Waals surface area contributed by atoms with Gasteiger partial charge in [0, 0.05) is 23.9 Å². The summed E-state index contributed by atoms with van der Waals surface area (Å²) in [7, 11) is 0. The first-order chi connectivity index (χ1) is 11.9. The molecule has 0 atom stereocenters. The first-order valence-corrected chi connectivity index (χ1v) is 7.60. The number of ether oxygens (including phenoxy) is 1. The third kappa shape index (κ3) is 3.72. The lowest BCUT2D eigenvalue weighted by Crippen LogP contribution is -2.10. The van der Waals surface area contributed by atoms with E-state index in [9.17, 15) is 4.79 Å². The van der Waals surface area contributed by atoms with Gasteiger partial charge in [-0.1, -0.05) is 0 Å².